The second-order valence-electron chi connectivity index (χ2n) is 7.42. The summed E-state index contributed by atoms with van der Waals surface area (Å²) in [5.74, 6) is -0.0571. The van der Waals surface area contributed by atoms with Crippen molar-refractivity contribution in [2.45, 2.75) is 13.1 Å². The number of halogens is 3. The van der Waals surface area contributed by atoms with E-state index in [-0.39, 0.29) is 11.4 Å². The SMILES string of the molecule is Cc1cc(=O)c(C(=O)Nc2ccc(N3CCOCC3)nc2)nn1-c1cccc(C(F)(F)F)c1. The van der Waals surface area contributed by atoms with Crippen LogP contribution in [0.3, 0.4) is 0 Å². The predicted molar refractivity (Wildman–Crippen MR) is 115 cm³/mol. The molecule has 0 atom stereocenters. The van der Waals surface area contributed by atoms with Crippen molar-refractivity contribution in [3.05, 3.63) is 75.8 Å². The molecule has 0 saturated carbocycles. The Kier molecular flexibility index (Phi) is 6.14. The molecule has 2 aromatic heterocycles. The first-order valence-electron chi connectivity index (χ1n) is 10.1. The van der Waals surface area contributed by atoms with Crippen LogP contribution < -0.4 is 15.6 Å². The van der Waals surface area contributed by atoms with Crippen LogP contribution in [0.15, 0.2) is 53.5 Å². The number of hydrogen-bond acceptors (Lipinski definition) is 6. The number of anilines is 2. The summed E-state index contributed by atoms with van der Waals surface area (Å²) in [6, 6.07) is 9.03. The van der Waals surface area contributed by atoms with Crippen LogP contribution in [0.4, 0.5) is 24.7 Å². The first kappa shape index (κ1) is 22.5. The number of ether oxygens (including phenoxy) is 1. The third-order valence-corrected chi connectivity index (χ3v) is 5.08. The molecule has 3 aromatic rings. The number of nitrogens with one attached hydrogen (secondary N) is 1. The average molecular weight is 459 g/mol. The lowest BCUT2D eigenvalue weighted by Gasteiger charge is -2.27. The van der Waals surface area contributed by atoms with Gasteiger partial charge in [-0.05, 0) is 37.3 Å². The summed E-state index contributed by atoms with van der Waals surface area (Å²) >= 11 is 0. The first-order chi connectivity index (χ1) is 15.7. The number of carbonyl (C=O) groups is 1. The fourth-order valence-corrected chi connectivity index (χ4v) is 3.41. The Labute approximate surface area is 186 Å². The molecule has 1 aliphatic rings. The summed E-state index contributed by atoms with van der Waals surface area (Å²) in [6.07, 6.45) is -3.08. The zero-order valence-corrected chi connectivity index (χ0v) is 17.6. The monoisotopic (exact) mass is 459 g/mol. The molecule has 1 amide bonds. The Morgan fingerprint density at radius 1 is 1.12 bits per heavy atom. The van der Waals surface area contributed by atoms with Gasteiger partial charge in [-0.15, -0.1) is 0 Å². The molecule has 1 saturated heterocycles. The Morgan fingerprint density at radius 2 is 1.88 bits per heavy atom. The van der Waals surface area contributed by atoms with E-state index in [1.807, 2.05) is 4.90 Å². The van der Waals surface area contributed by atoms with Gasteiger partial charge in [0.1, 0.15) is 5.82 Å². The van der Waals surface area contributed by atoms with Gasteiger partial charge >= 0.3 is 6.18 Å². The van der Waals surface area contributed by atoms with Gasteiger partial charge in [0, 0.05) is 24.8 Å². The Hall–Kier alpha value is -3.73. The van der Waals surface area contributed by atoms with Gasteiger partial charge in [-0.1, -0.05) is 6.07 Å². The highest BCUT2D eigenvalue weighted by Crippen LogP contribution is 2.30. The second kappa shape index (κ2) is 9.02. The van der Waals surface area contributed by atoms with E-state index in [4.69, 9.17) is 4.74 Å². The Bertz CT molecular complexity index is 1220. The van der Waals surface area contributed by atoms with Gasteiger partial charge < -0.3 is 15.0 Å². The molecular formula is C22H20F3N5O3. The number of pyridine rings is 1. The maximum Gasteiger partial charge on any atom is 0.416 e. The van der Waals surface area contributed by atoms with Crippen molar-refractivity contribution in [1.29, 1.82) is 0 Å². The van der Waals surface area contributed by atoms with Crippen LogP contribution in [-0.4, -0.2) is 47.0 Å². The predicted octanol–water partition coefficient (Wildman–Crippen LogP) is 3.04. The van der Waals surface area contributed by atoms with E-state index in [0.717, 1.165) is 28.7 Å². The zero-order valence-electron chi connectivity index (χ0n) is 17.6. The van der Waals surface area contributed by atoms with Gasteiger partial charge in [-0.2, -0.15) is 18.3 Å². The number of carbonyl (C=O) groups excluding carboxylic acids is 1. The number of rotatable bonds is 4. The van der Waals surface area contributed by atoms with Crippen LogP contribution in [0.25, 0.3) is 5.69 Å². The van der Waals surface area contributed by atoms with E-state index in [1.54, 1.807) is 12.1 Å². The van der Waals surface area contributed by atoms with E-state index >= 15 is 0 Å². The number of aryl methyl sites for hydroxylation is 1. The summed E-state index contributed by atoms with van der Waals surface area (Å²) in [7, 11) is 0. The molecule has 1 fully saturated rings. The van der Waals surface area contributed by atoms with Crippen molar-refractivity contribution >= 4 is 17.4 Å². The molecule has 1 aliphatic heterocycles. The highest BCUT2D eigenvalue weighted by molar-refractivity contribution is 6.02. The fraction of sp³-hybridized carbons (Fsp3) is 0.273. The molecule has 172 valence electrons. The van der Waals surface area contributed by atoms with Crippen molar-refractivity contribution in [2.75, 3.05) is 36.5 Å². The summed E-state index contributed by atoms with van der Waals surface area (Å²) in [4.78, 5) is 31.5. The van der Waals surface area contributed by atoms with Crippen molar-refractivity contribution in [3.63, 3.8) is 0 Å². The minimum Gasteiger partial charge on any atom is -0.378 e. The molecule has 8 nitrogen and oxygen atoms in total. The number of alkyl halides is 3. The van der Waals surface area contributed by atoms with Crippen molar-refractivity contribution in [3.8, 4) is 5.69 Å². The number of morpholine rings is 1. The van der Waals surface area contributed by atoms with Crippen LogP contribution >= 0.6 is 0 Å². The van der Waals surface area contributed by atoms with Crippen molar-refractivity contribution in [1.82, 2.24) is 14.8 Å². The number of hydrogen-bond donors (Lipinski definition) is 1. The molecule has 0 aliphatic carbocycles. The summed E-state index contributed by atoms with van der Waals surface area (Å²) in [5, 5.41) is 6.60. The third kappa shape index (κ3) is 5.03. The minimum atomic E-state index is -4.54. The standard InChI is InChI=1S/C22H20F3N5O3/c1-14-11-18(31)20(28-30(14)17-4-2-3-15(12-17)22(23,24)25)21(32)27-16-5-6-19(26-13-16)29-7-9-33-10-8-29/h2-6,11-13H,7-10H2,1H3,(H,27,32). The molecular weight excluding hydrogens is 439 g/mol. The molecule has 0 bridgehead atoms. The molecule has 0 spiro atoms. The molecule has 11 heteroatoms. The van der Waals surface area contributed by atoms with E-state index in [0.29, 0.717) is 32.0 Å². The second-order valence-corrected chi connectivity index (χ2v) is 7.42. The quantitative estimate of drug-likeness (QED) is 0.645. The van der Waals surface area contributed by atoms with Crippen LogP contribution in [0.5, 0.6) is 0 Å². The van der Waals surface area contributed by atoms with Crippen LogP contribution in [0.1, 0.15) is 21.7 Å². The molecule has 0 radical (unpaired) electrons. The molecule has 4 rings (SSSR count). The van der Waals surface area contributed by atoms with E-state index in [9.17, 15) is 22.8 Å². The lowest BCUT2D eigenvalue weighted by Crippen LogP contribution is -2.36. The first-order valence-corrected chi connectivity index (χ1v) is 10.1. The number of benzene rings is 1. The fourth-order valence-electron chi connectivity index (χ4n) is 3.41. The number of nitrogens with zero attached hydrogens (tertiary/aromatic N) is 4. The highest BCUT2D eigenvalue weighted by atomic mass is 19.4. The topological polar surface area (TPSA) is 89.3 Å². The van der Waals surface area contributed by atoms with Crippen molar-refractivity contribution in [2.24, 2.45) is 0 Å². The highest BCUT2D eigenvalue weighted by Gasteiger charge is 2.30. The molecule has 1 N–H and O–H groups in total. The minimum absolute atomic E-state index is 0.0768. The Morgan fingerprint density at radius 3 is 2.55 bits per heavy atom. The van der Waals surface area contributed by atoms with E-state index in [1.165, 1.54) is 25.3 Å². The Balaban J connectivity index is 1.58. The number of amides is 1. The molecule has 3 heterocycles. The summed E-state index contributed by atoms with van der Waals surface area (Å²) in [6.45, 7) is 4.15. The smallest absolute Gasteiger partial charge is 0.378 e. The average Bonchev–Trinajstić information content (AvgIpc) is 2.80. The van der Waals surface area contributed by atoms with Crippen molar-refractivity contribution < 1.29 is 22.7 Å². The van der Waals surface area contributed by atoms with E-state index < -0.39 is 28.8 Å². The molecule has 0 unspecified atom stereocenters. The molecule has 1 aromatic carbocycles. The van der Waals surface area contributed by atoms with Crippen LogP contribution in [0, 0.1) is 6.92 Å². The molecule has 33 heavy (non-hydrogen) atoms. The normalized spacial score (nSPS) is 14.2. The van der Waals surface area contributed by atoms with Gasteiger partial charge in [0.15, 0.2) is 5.69 Å². The van der Waals surface area contributed by atoms with E-state index in [2.05, 4.69) is 15.4 Å². The van der Waals surface area contributed by atoms with Gasteiger partial charge in [0.05, 0.1) is 36.3 Å². The third-order valence-electron chi connectivity index (χ3n) is 5.08. The van der Waals surface area contributed by atoms with Gasteiger partial charge in [-0.3, -0.25) is 9.59 Å². The lowest BCUT2D eigenvalue weighted by atomic mass is 10.2. The summed E-state index contributed by atoms with van der Waals surface area (Å²) in [5.41, 5.74) is -1.25. The van der Waals surface area contributed by atoms with Crippen LogP contribution in [0.2, 0.25) is 0 Å². The maximum atomic E-state index is 13.1. The maximum absolute atomic E-state index is 13.1. The summed E-state index contributed by atoms with van der Waals surface area (Å²) < 4.78 is 45.7. The lowest BCUT2D eigenvalue weighted by molar-refractivity contribution is -0.137. The van der Waals surface area contributed by atoms with Gasteiger partial charge in [0.2, 0.25) is 5.43 Å². The zero-order chi connectivity index (χ0) is 23.6. The largest absolute Gasteiger partial charge is 0.416 e. The van der Waals surface area contributed by atoms with Crippen LogP contribution in [-0.2, 0) is 10.9 Å². The number of aromatic nitrogens is 3. The van der Waals surface area contributed by atoms with Gasteiger partial charge in [0.25, 0.3) is 5.91 Å². The van der Waals surface area contributed by atoms with Gasteiger partial charge in [-0.25, -0.2) is 9.67 Å².